The third kappa shape index (κ3) is 3.98. The van der Waals surface area contributed by atoms with Gasteiger partial charge in [-0.1, -0.05) is 23.8 Å². The van der Waals surface area contributed by atoms with E-state index in [4.69, 9.17) is 0 Å². The number of nitrogens with zero attached hydrogens (tertiary/aromatic N) is 1. The first-order chi connectivity index (χ1) is 8.04. The van der Waals surface area contributed by atoms with Gasteiger partial charge in [0.25, 0.3) is 0 Å². The minimum atomic E-state index is 0. The maximum atomic E-state index is 3.58. The Morgan fingerprint density at radius 1 is 1.17 bits per heavy atom. The Morgan fingerprint density at radius 3 is 2.33 bits per heavy atom. The zero-order valence-electron chi connectivity index (χ0n) is 11.9. The highest BCUT2D eigenvalue weighted by Gasteiger charge is 2.20. The molecule has 0 radical (unpaired) electrons. The van der Waals surface area contributed by atoms with Gasteiger partial charge in [-0.15, -0.1) is 12.4 Å². The molecule has 1 saturated heterocycles. The van der Waals surface area contributed by atoms with Crippen molar-refractivity contribution in [3.8, 4) is 0 Å². The lowest BCUT2D eigenvalue weighted by Gasteiger charge is -2.36. The second-order valence-corrected chi connectivity index (χ2v) is 5.59. The van der Waals surface area contributed by atoms with E-state index in [2.05, 4.69) is 56.1 Å². The molecule has 3 heteroatoms. The van der Waals surface area contributed by atoms with Crippen molar-refractivity contribution in [3.63, 3.8) is 0 Å². The molecule has 0 spiro atoms. The number of aryl methyl sites for hydroxylation is 2. The summed E-state index contributed by atoms with van der Waals surface area (Å²) in [5.41, 5.74) is 4.24. The van der Waals surface area contributed by atoms with Crippen LogP contribution in [0, 0.1) is 13.8 Å². The molecule has 0 aliphatic carbocycles. The Morgan fingerprint density at radius 2 is 1.78 bits per heavy atom. The van der Waals surface area contributed by atoms with Crippen LogP contribution in [0.15, 0.2) is 18.2 Å². The second-order valence-electron chi connectivity index (χ2n) is 5.59. The average Bonchev–Trinajstić information content (AvgIpc) is 2.21. The van der Waals surface area contributed by atoms with Crippen LogP contribution in [0.3, 0.4) is 0 Å². The Hall–Kier alpha value is -0.570. The first-order valence-electron chi connectivity index (χ1n) is 6.59. The van der Waals surface area contributed by atoms with Crippen LogP contribution >= 0.6 is 12.4 Å². The lowest BCUT2D eigenvalue weighted by molar-refractivity contribution is 0.166. The highest BCUT2D eigenvalue weighted by molar-refractivity contribution is 5.85. The van der Waals surface area contributed by atoms with Crippen molar-refractivity contribution < 1.29 is 0 Å². The minimum absolute atomic E-state index is 0. The van der Waals surface area contributed by atoms with E-state index in [1.54, 1.807) is 0 Å². The fourth-order valence-corrected chi connectivity index (χ4v) is 2.83. The number of hydrogen-bond acceptors (Lipinski definition) is 2. The summed E-state index contributed by atoms with van der Waals surface area (Å²) in [6.45, 7) is 12.3. The van der Waals surface area contributed by atoms with Crippen LogP contribution in [0.1, 0.15) is 30.5 Å². The maximum Gasteiger partial charge on any atom is 0.0237 e. The van der Waals surface area contributed by atoms with Gasteiger partial charge in [-0.25, -0.2) is 0 Å². The number of piperazine rings is 1. The summed E-state index contributed by atoms with van der Waals surface area (Å²) in [4.78, 5) is 2.56. The summed E-state index contributed by atoms with van der Waals surface area (Å²) in [7, 11) is 0. The quantitative estimate of drug-likeness (QED) is 0.887. The van der Waals surface area contributed by atoms with E-state index in [9.17, 15) is 0 Å². The highest BCUT2D eigenvalue weighted by Crippen LogP contribution is 2.15. The fourth-order valence-electron chi connectivity index (χ4n) is 2.83. The van der Waals surface area contributed by atoms with Crippen molar-refractivity contribution in [2.24, 2.45) is 0 Å². The van der Waals surface area contributed by atoms with Gasteiger partial charge in [0.2, 0.25) is 0 Å². The standard InChI is InChI=1S/C15H24N2.ClH/c1-11-5-6-15(12(2)7-11)10-17-8-13(3)16-14(4)9-17;/h5-7,13-14,16H,8-10H2,1-4H3;1H. The molecule has 1 aliphatic rings. The molecule has 1 heterocycles. The molecule has 0 amide bonds. The molecule has 2 rings (SSSR count). The predicted octanol–water partition coefficient (Wildman–Crippen LogP) is 2.91. The molecular weight excluding hydrogens is 244 g/mol. The molecule has 102 valence electrons. The van der Waals surface area contributed by atoms with Gasteiger partial charge in [-0.05, 0) is 38.8 Å². The number of halogens is 1. The molecule has 2 unspecified atom stereocenters. The van der Waals surface area contributed by atoms with Crippen molar-refractivity contribution in [3.05, 3.63) is 34.9 Å². The van der Waals surface area contributed by atoms with Gasteiger partial charge in [0, 0.05) is 31.7 Å². The van der Waals surface area contributed by atoms with Crippen molar-refractivity contribution in [2.45, 2.75) is 46.3 Å². The molecule has 1 N–H and O–H groups in total. The van der Waals surface area contributed by atoms with E-state index < -0.39 is 0 Å². The van der Waals surface area contributed by atoms with Gasteiger partial charge < -0.3 is 5.32 Å². The molecule has 1 aromatic carbocycles. The number of nitrogens with one attached hydrogen (secondary N) is 1. The smallest absolute Gasteiger partial charge is 0.0237 e. The molecule has 0 bridgehead atoms. The average molecular weight is 269 g/mol. The summed E-state index contributed by atoms with van der Waals surface area (Å²) in [6, 6.07) is 7.98. The van der Waals surface area contributed by atoms with Gasteiger partial charge in [-0.3, -0.25) is 4.90 Å². The normalized spacial score (nSPS) is 24.7. The van der Waals surface area contributed by atoms with E-state index in [1.807, 2.05) is 0 Å². The van der Waals surface area contributed by atoms with E-state index in [0.717, 1.165) is 19.6 Å². The van der Waals surface area contributed by atoms with Crippen LogP contribution in [0.25, 0.3) is 0 Å². The lowest BCUT2D eigenvalue weighted by atomic mass is 10.0. The first kappa shape index (κ1) is 15.5. The molecule has 1 aromatic rings. The predicted molar refractivity (Wildman–Crippen MR) is 80.5 cm³/mol. The molecular formula is C15H25ClN2. The summed E-state index contributed by atoms with van der Waals surface area (Å²) in [5.74, 6) is 0. The van der Waals surface area contributed by atoms with Crippen molar-refractivity contribution >= 4 is 12.4 Å². The van der Waals surface area contributed by atoms with Crippen molar-refractivity contribution in [2.75, 3.05) is 13.1 Å². The summed E-state index contributed by atoms with van der Waals surface area (Å²) >= 11 is 0. The molecule has 18 heavy (non-hydrogen) atoms. The van der Waals surface area contributed by atoms with Crippen molar-refractivity contribution in [1.82, 2.24) is 10.2 Å². The van der Waals surface area contributed by atoms with E-state index >= 15 is 0 Å². The highest BCUT2D eigenvalue weighted by atomic mass is 35.5. The van der Waals surface area contributed by atoms with Crippen LogP contribution in [0.2, 0.25) is 0 Å². The monoisotopic (exact) mass is 268 g/mol. The topological polar surface area (TPSA) is 15.3 Å². The van der Waals surface area contributed by atoms with Crippen LogP contribution in [0.5, 0.6) is 0 Å². The third-order valence-corrected chi connectivity index (χ3v) is 3.53. The summed E-state index contributed by atoms with van der Waals surface area (Å²) in [6.07, 6.45) is 0. The second kappa shape index (κ2) is 6.55. The molecule has 2 nitrogen and oxygen atoms in total. The number of rotatable bonds is 2. The first-order valence-corrected chi connectivity index (χ1v) is 6.59. The van der Waals surface area contributed by atoms with Gasteiger partial charge in [-0.2, -0.15) is 0 Å². The number of hydrogen-bond donors (Lipinski definition) is 1. The van der Waals surface area contributed by atoms with Crippen LogP contribution in [0.4, 0.5) is 0 Å². The van der Waals surface area contributed by atoms with Gasteiger partial charge >= 0.3 is 0 Å². The van der Waals surface area contributed by atoms with E-state index in [-0.39, 0.29) is 12.4 Å². The Bertz CT molecular complexity index is 382. The summed E-state index contributed by atoms with van der Waals surface area (Å²) < 4.78 is 0. The molecule has 0 aromatic heterocycles. The van der Waals surface area contributed by atoms with Gasteiger partial charge in [0.05, 0.1) is 0 Å². The van der Waals surface area contributed by atoms with E-state index in [0.29, 0.717) is 12.1 Å². The van der Waals surface area contributed by atoms with E-state index in [1.165, 1.54) is 16.7 Å². The van der Waals surface area contributed by atoms with Gasteiger partial charge in [0.1, 0.15) is 0 Å². The number of benzene rings is 1. The fraction of sp³-hybridized carbons (Fsp3) is 0.600. The summed E-state index contributed by atoms with van der Waals surface area (Å²) in [5, 5.41) is 3.58. The van der Waals surface area contributed by atoms with Gasteiger partial charge in [0.15, 0.2) is 0 Å². The third-order valence-electron chi connectivity index (χ3n) is 3.53. The van der Waals surface area contributed by atoms with Crippen LogP contribution in [-0.2, 0) is 6.54 Å². The zero-order valence-corrected chi connectivity index (χ0v) is 12.7. The maximum absolute atomic E-state index is 3.58. The largest absolute Gasteiger partial charge is 0.309 e. The SMILES string of the molecule is Cc1ccc(CN2CC(C)NC(C)C2)c(C)c1.Cl. The Balaban J connectivity index is 0.00000162. The zero-order chi connectivity index (χ0) is 12.4. The van der Waals surface area contributed by atoms with Crippen molar-refractivity contribution in [1.29, 1.82) is 0 Å². The molecule has 0 saturated carbocycles. The molecule has 1 fully saturated rings. The minimum Gasteiger partial charge on any atom is -0.309 e. The van der Waals surface area contributed by atoms with Crippen LogP contribution < -0.4 is 5.32 Å². The van der Waals surface area contributed by atoms with Crippen LogP contribution in [-0.4, -0.2) is 30.1 Å². The lowest BCUT2D eigenvalue weighted by Crippen LogP contribution is -2.53. The Labute approximate surface area is 117 Å². The molecule has 2 atom stereocenters. The Kier molecular flexibility index (Phi) is 5.64. The molecule has 1 aliphatic heterocycles.